The molecule has 1 atom stereocenters. The number of anilines is 1. The summed E-state index contributed by atoms with van der Waals surface area (Å²) in [6.45, 7) is 5.26. The zero-order chi connectivity index (χ0) is 11.4. The summed E-state index contributed by atoms with van der Waals surface area (Å²) in [6.07, 6.45) is 5.88. The molecule has 1 saturated heterocycles. The molecule has 0 amide bonds. The quantitative estimate of drug-likeness (QED) is 0.880. The number of hydrogen-bond acceptors (Lipinski definition) is 5. The van der Waals surface area contributed by atoms with Crippen molar-refractivity contribution in [3.8, 4) is 0 Å². The topological polar surface area (TPSA) is 47.0 Å². The molecule has 1 fully saturated rings. The van der Waals surface area contributed by atoms with Crippen molar-refractivity contribution in [2.75, 3.05) is 11.9 Å². The lowest BCUT2D eigenvalue weighted by molar-refractivity contribution is -0.0864. The van der Waals surface area contributed by atoms with Crippen LogP contribution in [0.4, 0.5) is 5.13 Å². The van der Waals surface area contributed by atoms with E-state index in [1.165, 1.54) is 11.5 Å². The molecule has 1 N–H and O–H groups in total. The lowest BCUT2D eigenvalue weighted by atomic mass is 9.86. The maximum atomic E-state index is 5.94. The van der Waals surface area contributed by atoms with Gasteiger partial charge < -0.3 is 10.1 Å². The molecule has 0 saturated carbocycles. The highest BCUT2D eigenvalue weighted by atomic mass is 32.1. The molecule has 0 aliphatic carbocycles. The molecule has 0 aromatic carbocycles. The van der Waals surface area contributed by atoms with Gasteiger partial charge in [0.15, 0.2) is 0 Å². The predicted molar refractivity (Wildman–Crippen MR) is 65.8 cm³/mol. The van der Waals surface area contributed by atoms with Gasteiger partial charge in [0, 0.05) is 24.2 Å². The van der Waals surface area contributed by atoms with E-state index in [4.69, 9.17) is 4.74 Å². The maximum Gasteiger partial charge on any atom is 0.202 e. The monoisotopic (exact) mass is 241 g/mol. The summed E-state index contributed by atoms with van der Waals surface area (Å²) < 4.78 is 9.94. The van der Waals surface area contributed by atoms with Crippen LogP contribution in [0.15, 0.2) is 6.33 Å². The Morgan fingerprint density at radius 2 is 2.38 bits per heavy atom. The van der Waals surface area contributed by atoms with Gasteiger partial charge in [-0.15, -0.1) is 0 Å². The Morgan fingerprint density at radius 3 is 3.00 bits per heavy atom. The average Bonchev–Trinajstić information content (AvgIpc) is 2.82. The molecular formula is C11H19N3OS. The molecule has 90 valence electrons. The van der Waals surface area contributed by atoms with Crippen molar-refractivity contribution < 1.29 is 4.74 Å². The molecule has 1 aromatic rings. The number of nitrogens with zero attached hydrogens (tertiary/aromatic N) is 2. The molecule has 1 aliphatic heterocycles. The van der Waals surface area contributed by atoms with E-state index in [-0.39, 0.29) is 5.60 Å². The first-order chi connectivity index (χ1) is 7.78. The van der Waals surface area contributed by atoms with Crippen LogP contribution in [0.25, 0.3) is 0 Å². The van der Waals surface area contributed by atoms with Gasteiger partial charge in [0.2, 0.25) is 5.13 Å². The van der Waals surface area contributed by atoms with Crippen molar-refractivity contribution >= 4 is 16.7 Å². The molecule has 4 nitrogen and oxygen atoms in total. The van der Waals surface area contributed by atoms with Crippen molar-refractivity contribution in [3.63, 3.8) is 0 Å². The molecule has 5 heteroatoms. The van der Waals surface area contributed by atoms with Gasteiger partial charge in [0.05, 0.1) is 5.60 Å². The van der Waals surface area contributed by atoms with Crippen LogP contribution in [-0.4, -0.2) is 27.6 Å². The molecular weight excluding hydrogens is 222 g/mol. The Bertz CT molecular complexity index is 311. The predicted octanol–water partition coefficient (Wildman–Crippen LogP) is 2.69. The maximum absolute atomic E-state index is 5.94. The Morgan fingerprint density at radius 1 is 1.56 bits per heavy atom. The third-order valence-electron chi connectivity index (χ3n) is 3.47. The van der Waals surface area contributed by atoms with Crippen LogP contribution in [0, 0.1) is 0 Å². The van der Waals surface area contributed by atoms with Gasteiger partial charge >= 0.3 is 0 Å². The van der Waals surface area contributed by atoms with E-state index in [9.17, 15) is 0 Å². The largest absolute Gasteiger partial charge is 0.375 e. The highest BCUT2D eigenvalue weighted by Gasteiger charge is 2.34. The summed E-state index contributed by atoms with van der Waals surface area (Å²) in [5.41, 5.74) is 0.0700. The van der Waals surface area contributed by atoms with E-state index in [1.54, 1.807) is 6.33 Å². The second-order valence-electron chi connectivity index (χ2n) is 4.32. The van der Waals surface area contributed by atoms with E-state index in [0.29, 0.717) is 6.04 Å². The Kier molecular flexibility index (Phi) is 3.76. The normalized spacial score (nSPS) is 24.2. The van der Waals surface area contributed by atoms with E-state index in [2.05, 4.69) is 28.5 Å². The van der Waals surface area contributed by atoms with Crippen LogP contribution >= 0.6 is 11.5 Å². The second kappa shape index (κ2) is 5.10. The Balaban J connectivity index is 1.96. The highest BCUT2D eigenvalue weighted by molar-refractivity contribution is 7.09. The van der Waals surface area contributed by atoms with Gasteiger partial charge in [-0.2, -0.15) is 4.37 Å². The van der Waals surface area contributed by atoms with Gasteiger partial charge in [0.25, 0.3) is 0 Å². The fourth-order valence-electron chi connectivity index (χ4n) is 2.31. The highest BCUT2D eigenvalue weighted by Crippen LogP contribution is 2.32. The average molecular weight is 241 g/mol. The van der Waals surface area contributed by atoms with Crippen LogP contribution in [0.3, 0.4) is 0 Å². The van der Waals surface area contributed by atoms with E-state index < -0.39 is 0 Å². The standard InChI is InChI=1S/C11H19N3OS/c1-3-11(4-2)7-9(5-6-15-11)14-10-12-8-13-16-10/h8-9H,3-7H2,1-2H3,(H,12,13,14). The third kappa shape index (κ3) is 2.52. The summed E-state index contributed by atoms with van der Waals surface area (Å²) in [5.74, 6) is 0. The summed E-state index contributed by atoms with van der Waals surface area (Å²) in [4.78, 5) is 4.17. The number of nitrogens with one attached hydrogen (secondary N) is 1. The fraction of sp³-hybridized carbons (Fsp3) is 0.818. The molecule has 0 bridgehead atoms. The lowest BCUT2D eigenvalue weighted by Crippen LogP contribution is -2.43. The van der Waals surface area contributed by atoms with Crippen molar-refractivity contribution in [3.05, 3.63) is 6.33 Å². The van der Waals surface area contributed by atoms with Crippen LogP contribution in [0.2, 0.25) is 0 Å². The Hall–Kier alpha value is -0.680. The molecule has 2 rings (SSSR count). The van der Waals surface area contributed by atoms with Crippen LogP contribution in [-0.2, 0) is 4.74 Å². The zero-order valence-electron chi connectivity index (χ0n) is 9.90. The SMILES string of the molecule is CCC1(CC)CC(Nc2ncns2)CCO1. The first-order valence-electron chi connectivity index (χ1n) is 5.95. The van der Waals surface area contributed by atoms with Gasteiger partial charge in [-0.1, -0.05) is 13.8 Å². The smallest absolute Gasteiger partial charge is 0.202 e. The molecule has 1 aromatic heterocycles. The van der Waals surface area contributed by atoms with Crippen molar-refractivity contribution in [2.45, 2.75) is 51.2 Å². The van der Waals surface area contributed by atoms with Crippen LogP contribution in [0.1, 0.15) is 39.5 Å². The number of rotatable bonds is 4. The Labute approximate surface area is 101 Å². The summed E-state index contributed by atoms with van der Waals surface area (Å²) in [6, 6.07) is 0.474. The summed E-state index contributed by atoms with van der Waals surface area (Å²) >= 11 is 1.42. The molecule has 0 spiro atoms. The summed E-state index contributed by atoms with van der Waals surface area (Å²) in [7, 11) is 0. The third-order valence-corrected chi connectivity index (χ3v) is 4.07. The van der Waals surface area contributed by atoms with E-state index in [1.807, 2.05) is 0 Å². The minimum absolute atomic E-state index is 0.0700. The first-order valence-corrected chi connectivity index (χ1v) is 6.72. The first kappa shape index (κ1) is 11.8. The number of aromatic nitrogens is 2. The molecule has 1 aliphatic rings. The molecule has 16 heavy (non-hydrogen) atoms. The zero-order valence-corrected chi connectivity index (χ0v) is 10.7. The number of hydrogen-bond donors (Lipinski definition) is 1. The second-order valence-corrected chi connectivity index (χ2v) is 5.10. The molecule has 0 radical (unpaired) electrons. The van der Waals surface area contributed by atoms with Gasteiger partial charge in [0.1, 0.15) is 6.33 Å². The van der Waals surface area contributed by atoms with E-state index >= 15 is 0 Å². The minimum Gasteiger partial charge on any atom is -0.375 e. The minimum atomic E-state index is 0.0700. The van der Waals surface area contributed by atoms with Gasteiger partial charge in [-0.3, -0.25) is 0 Å². The van der Waals surface area contributed by atoms with Gasteiger partial charge in [-0.05, 0) is 25.7 Å². The fourth-order valence-corrected chi connectivity index (χ4v) is 2.81. The molecule has 1 unspecified atom stereocenters. The van der Waals surface area contributed by atoms with Crippen molar-refractivity contribution in [1.29, 1.82) is 0 Å². The lowest BCUT2D eigenvalue weighted by Gasteiger charge is -2.40. The summed E-state index contributed by atoms with van der Waals surface area (Å²) in [5, 5.41) is 4.37. The van der Waals surface area contributed by atoms with Crippen LogP contribution < -0.4 is 5.32 Å². The molecule has 2 heterocycles. The number of ether oxygens (including phenoxy) is 1. The van der Waals surface area contributed by atoms with Gasteiger partial charge in [-0.25, -0.2) is 4.98 Å². The van der Waals surface area contributed by atoms with Crippen LogP contribution in [0.5, 0.6) is 0 Å². The van der Waals surface area contributed by atoms with E-state index in [0.717, 1.165) is 37.4 Å². The van der Waals surface area contributed by atoms with Crippen molar-refractivity contribution in [1.82, 2.24) is 9.36 Å². The van der Waals surface area contributed by atoms with Crippen molar-refractivity contribution in [2.24, 2.45) is 0 Å².